The number of benzene rings is 1. The summed E-state index contributed by atoms with van der Waals surface area (Å²) in [5.74, 6) is -3.07. The van der Waals surface area contributed by atoms with Crippen molar-refractivity contribution in [2.45, 2.75) is 12.0 Å². The van der Waals surface area contributed by atoms with Crippen LogP contribution in [0.5, 0.6) is 5.75 Å². The first kappa shape index (κ1) is 22.1. The third-order valence-electron chi connectivity index (χ3n) is 4.68. The van der Waals surface area contributed by atoms with Gasteiger partial charge in [-0.1, -0.05) is 0 Å². The molecule has 3 rings (SSSR count). The molecule has 0 saturated carbocycles. The highest BCUT2D eigenvalue weighted by atomic mass is 19.4. The number of aliphatic imine (C=N–C) groups is 1. The minimum atomic E-state index is -4.69. The monoisotopic (exact) mass is 435 g/mol. The van der Waals surface area contributed by atoms with Gasteiger partial charge in [0.2, 0.25) is 5.79 Å². The van der Waals surface area contributed by atoms with E-state index < -0.39 is 35.8 Å². The highest BCUT2D eigenvalue weighted by molar-refractivity contribution is 5.83. The lowest BCUT2D eigenvalue weighted by molar-refractivity contribution is -0.0875. The van der Waals surface area contributed by atoms with Gasteiger partial charge in [0.15, 0.2) is 0 Å². The van der Waals surface area contributed by atoms with Crippen molar-refractivity contribution in [3.63, 3.8) is 0 Å². The summed E-state index contributed by atoms with van der Waals surface area (Å²) in [5, 5.41) is 4.84. The van der Waals surface area contributed by atoms with Crippen LogP contribution in [0.4, 0.5) is 27.6 Å². The normalized spacial score (nSPS) is 22.2. The standard InChI is InChI=1S/C18H22F5N5O2/c1-25-16-12(17(21,22)23)10-26-18(24,27-16)11-8-13(20)14(9-15(11)30-5-2-19)28-3-6-29-7-4-28/h8-10,25,27H,2-7,24H2,1H3. The Bertz CT molecular complexity index is 839. The first-order valence-corrected chi connectivity index (χ1v) is 9.16. The molecule has 0 aliphatic carbocycles. The van der Waals surface area contributed by atoms with Gasteiger partial charge in [-0.15, -0.1) is 0 Å². The Morgan fingerprint density at radius 3 is 2.63 bits per heavy atom. The summed E-state index contributed by atoms with van der Waals surface area (Å²) in [6, 6.07) is 2.38. The van der Waals surface area contributed by atoms with E-state index in [0.29, 0.717) is 32.5 Å². The summed E-state index contributed by atoms with van der Waals surface area (Å²) in [6.07, 6.45) is -4.12. The highest BCUT2D eigenvalue weighted by Crippen LogP contribution is 2.37. The molecule has 166 valence electrons. The smallest absolute Gasteiger partial charge is 0.421 e. The van der Waals surface area contributed by atoms with Crippen LogP contribution < -0.4 is 26.0 Å². The van der Waals surface area contributed by atoms with Gasteiger partial charge in [0.1, 0.15) is 36.2 Å². The van der Waals surface area contributed by atoms with Gasteiger partial charge in [-0.3, -0.25) is 5.73 Å². The molecular formula is C18H22F5N5O2. The molecule has 1 fully saturated rings. The number of nitrogens with zero attached hydrogens (tertiary/aromatic N) is 2. The number of halogens is 5. The summed E-state index contributed by atoms with van der Waals surface area (Å²) in [5.41, 5.74) is 5.25. The van der Waals surface area contributed by atoms with Crippen LogP contribution in [0.25, 0.3) is 0 Å². The fourth-order valence-corrected chi connectivity index (χ4v) is 3.23. The summed E-state index contributed by atoms with van der Waals surface area (Å²) in [6.45, 7) is 0.521. The van der Waals surface area contributed by atoms with E-state index in [4.69, 9.17) is 15.2 Å². The Balaban J connectivity index is 2.03. The molecule has 0 radical (unpaired) electrons. The second-order valence-corrected chi connectivity index (χ2v) is 6.62. The average Bonchev–Trinajstić information content (AvgIpc) is 2.72. The van der Waals surface area contributed by atoms with E-state index in [2.05, 4.69) is 15.6 Å². The third kappa shape index (κ3) is 4.43. The molecule has 2 heterocycles. The number of allylic oxidation sites excluding steroid dienone is 1. The zero-order chi connectivity index (χ0) is 21.9. The van der Waals surface area contributed by atoms with Crippen LogP contribution >= 0.6 is 0 Å². The molecule has 1 unspecified atom stereocenters. The maximum Gasteiger partial charge on any atom is 0.421 e. The van der Waals surface area contributed by atoms with Gasteiger partial charge in [-0.05, 0) is 6.07 Å². The number of nitrogens with one attached hydrogen (secondary N) is 2. The number of rotatable bonds is 6. The quantitative estimate of drug-likeness (QED) is 0.591. The van der Waals surface area contributed by atoms with E-state index in [1.165, 1.54) is 13.1 Å². The van der Waals surface area contributed by atoms with Crippen molar-refractivity contribution in [1.29, 1.82) is 0 Å². The molecule has 1 saturated heterocycles. The van der Waals surface area contributed by atoms with Crippen molar-refractivity contribution in [3.05, 3.63) is 34.9 Å². The van der Waals surface area contributed by atoms with E-state index in [1.807, 2.05) is 0 Å². The number of hydrogen-bond acceptors (Lipinski definition) is 7. The molecule has 1 atom stereocenters. The first-order chi connectivity index (χ1) is 14.2. The molecule has 30 heavy (non-hydrogen) atoms. The van der Waals surface area contributed by atoms with E-state index in [-0.39, 0.29) is 23.6 Å². The number of hydrogen-bond donors (Lipinski definition) is 3. The van der Waals surface area contributed by atoms with E-state index in [0.717, 1.165) is 6.07 Å². The molecule has 0 bridgehead atoms. The van der Waals surface area contributed by atoms with Gasteiger partial charge >= 0.3 is 6.18 Å². The molecule has 12 heteroatoms. The van der Waals surface area contributed by atoms with Crippen LogP contribution in [0.3, 0.4) is 0 Å². The highest BCUT2D eigenvalue weighted by Gasteiger charge is 2.42. The van der Waals surface area contributed by atoms with Gasteiger partial charge in [0.05, 0.1) is 24.5 Å². The molecule has 2 aliphatic rings. The number of nitrogens with two attached hydrogens (primary N) is 1. The molecule has 1 aromatic carbocycles. The van der Waals surface area contributed by atoms with Crippen LogP contribution in [0.15, 0.2) is 28.5 Å². The maximum absolute atomic E-state index is 15.0. The lowest BCUT2D eigenvalue weighted by Crippen LogP contribution is -2.54. The predicted octanol–water partition coefficient (Wildman–Crippen LogP) is 1.75. The fourth-order valence-electron chi connectivity index (χ4n) is 3.23. The van der Waals surface area contributed by atoms with Crippen LogP contribution in [0.1, 0.15) is 5.56 Å². The van der Waals surface area contributed by atoms with Crippen LogP contribution in [-0.2, 0) is 10.5 Å². The zero-order valence-corrected chi connectivity index (χ0v) is 16.2. The third-order valence-corrected chi connectivity index (χ3v) is 4.68. The average molecular weight is 435 g/mol. The van der Waals surface area contributed by atoms with Gasteiger partial charge in [-0.25, -0.2) is 13.8 Å². The lowest BCUT2D eigenvalue weighted by Gasteiger charge is -2.35. The van der Waals surface area contributed by atoms with Crippen molar-refractivity contribution >= 4 is 11.9 Å². The van der Waals surface area contributed by atoms with Crippen molar-refractivity contribution in [3.8, 4) is 5.75 Å². The Labute approximate surface area is 169 Å². The molecule has 0 amide bonds. The molecule has 1 aromatic rings. The van der Waals surface area contributed by atoms with Gasteiger partial charge in [0, 0.05) is 32.4 Å². The molecule has 0 aromatic heterocycles. The fraction of sp³-hybridized carbons (Fsp3) is 0.500. The van der Waals surface area contributed by atoms with E-state index in [1.54, 1.807) is 4.90 Å². The summed E-state index contributed by atoms with van der Waals surface area (Å²) < 4.78 is 77.9. The number of alkyl halides is 4. The van der Waals surface area contributed by atoms with Gasteiger partial charge in [-0.2, -0.15) is 13.2 Å². The Kier molecular flexibility index (Phi) is 6.36. The number of anilines is 1. The zero-order valence-electron chi connectivity index (χ0n) is 16.2. The number of morpholine rings is 1. The van der Waals surface area contributed by atoms with Crippen LogP contribution in [0.2, 0.25) is 0 Å². The molecule has 7 nitrogen and oxygen atoms in total. The molecular weight excluding hydrogens is 413 g/mol. The van der Waals surface area contributed by atoms with Crippen molar-refractivity contribution in [2.75, 3.05) is 51.5 Å². The Morgan fingerprint density at radius 1 is 1.33 bits per heavy atom. The maximum atomic E-state index is 15.0. The van der Waals surface area contributed by atoms with Gasteiger partial charge in [0.25, 0.3) is 0 Å². The van der Waals surface area contributed by atoms with Crippen LogP contribution in [-0.4, -0.2) is 59.0 Å². The summed E-state index contributed by atoms with van der Waals surface area (Å²) in [7, 11) is 1.27. The number of ether oxygens (including phenoxy) is 2. The largest absolute Gasteiger partial charge is 0.490 e. The van der Waals surface area contributed by atoms with Crippen molar-refractivity contribution in [2.24, 2.45) is 10.7 Å². The minimum absolute atomic E-state index is 0.00797. The van der Waals surface area contributed by atoms with E-state index >= 15 is 0 Å². The SMILES string of the molecule is CNC1=C(C(F)(F)F)C=NC(N)(c2cc(F)c(N3CCOCC3)cc2OCCF)N1. The molecule has 4 N–H and O–H groups in total. The van der Waals surface area contributed by atoms with Gasteiger partial charge < -0.3 is 25.0 Å². The first-order valence-electron chi connectivity index (χ1n) is 9.16. The molecule has 2 aliphatic heterocycles. The second-order valence-electron chi connectivity index (χ2n) is 6.62. The lowest BCUT2D eigenvalue weighted by atomic mass is 10.0. The Hall–Kier alpha value is -2.60. The molecule has 0 spiro atoms. The predicted molar refractivity (Wildman–Crippen MR) is 101 cm³/mol. The summed E-state index contributed by atoms with van der Waals surface area (Å²) in [4.78, 5) is 5.51. The minimum Gasteiger partial charge on any atom is -0.490 e. The van der Waals surface area contributed by atoms with Crippen LogP contribution in [0, 0.1) is 5.82 Å². The van der Waals surface area contributed by atoms with E-state index in [9.17, 15) is 22.0 Å². The Morgan fingerprint density at radius 2 is 2.03 bits per heavy atom. The van der Waals surface area contributed by atoms with Crippen molar-refractivity contribution < 1.29 is 31.4 Å². The topological polar surface area (TPSA) is 84.1 Å². The summed E-state index contributed by atoms with van der Waals surface area (Å²) >= 11 is 0. The van der Waals surface area contributed by atoms with Crippen molar-refractivity contribution in [1.82, 2.24) is 10.6 Å². The second kappa shape index (κ2) is 8.64.